The Morgan fingerprint density at radius 2 is 2.05 bits per heavy atom. The van der Waals surface area contributed by atoms with Crippen LogP contribution in [-0.2, 0) is 0 Å². The molecule has 21 heavy (non-hydrogen) atoms. The minimum absolute atomic E-state index is 0. The molecule has 3 rings (SSSR count). The molecule has 2 unspecified atom stereocenters. The minimum atomic E-state index is -0.0410. The third kappa shape index (κ3) is 3.60. The monoisotopic (exact) mass is 312 g/mol. The molecule has 2 N–H and O–H groups in total. The second kappa shape index (κ2) is 7.00. The fraction of sp³-hybridized carbons (Fsp3) is 0.533. The zero-order valence-electron chi connectivity index (χ0n) is 12.1. The van der Waals surface area contributed by atoms with Crippen LogP contribution in [0.1, 0.15) is 23.7 Å². The van der Waals surface area contributed by atoms with E-state index < -0.39 is 0 Å². The number of amides is 1. The Hall–Kier alpha value is -1.46. The number of halogens is 1. The molecule has 1 fully saturated rings. The summed E-state index contributed by atoms with van der Waals surface area (Å²) in [6.45, 7) is 5.15. The lowest BCUT2D eigenvalue weighted by Gasteiger charge is -2.30. The van der Waals surface area contributed by atoms with Crippen molar-refractivity contribution in [3.63, 3.8) is 0 Å². The largest absolute Gasteiger partial charge is 0.486 e. The smallest absolute Gasteiger partial charge is 0.251 e. The van der Waals surface area contributed by atoms with Crippen LogP contribution in [0.3, 0.4) is 0 Å². The molecule has 2 aliphatic rings. The van der Waals surface area contributed by atoms with Crippen LogP contribution in [0.15, 0.2) is 18.2 Å². The van der Waals surface area contributed by atoms with Gasteiger partial charge >= 0.3 is 0 Å². The van der Waals surface area contributed by atoms with Gasteiger partial charge in [-0.2, -0.15) is 0 Å². The lowest BCUT2D eigenvalue weighted by atomic mass is 9.95. The van der Waals surface area contributed by atoms with Crippen LogP contribution in [0.25, 0.3) is 0 Å². The predicted molar refractivity (Wildman–Crippen MR) is 82.6 cm³/mol. The molecule has 0 bridgehead atoms. The summed E-state index contributed by atoms with van der Waals surface area (Å²) in [6, 6.07) is 5.58. The van der Waals surface area contributed by atoms with Crippen molar-refractivity contribution in [1.29, 1.82) is 0 Å². The van der Waals surface area contributed by atoms with Gasteiger partial charge in [0.25, 0.3) is 5.91 Å². The molecular formula is C15H21ClN2O3. The van der Waals surface area contributed by atoms with Crippen LogP contribution in [0, 0.1) is 5.92 Å². The molecule has 0 radical (unpaired) electrons. The van der Waals surface area contributed by atoms with Crippen LogP contribution in [0.4, 0.5) is 0 Å². The zero-order chi connectivity index (χ0) is 13.9. The molecule has 2 atom stereocenters. The van der Waals surface area contributed by atoms with Crippen LogP contribution in [0.5, 0.6) is 11.5 Å². The Bertz CT molecular complexity index is 510. The fourth-order valence-electron chi connectivity index (χ4n) is 2.66. The van der Waals surface area contributed by atoms with Crippen molar-refractivity contribution in [1.82, 2.24) is 10.6 Å². The van der Waals surface area contributed by atoms with Crippen LogP contribution >= 0.6 is 12.4 Å². The Balaban J connectivity index is 0.00000161. The molecule has 2 heterocycles. The standard InChI is InChI=1S/C15H20N2O3.ClH/c1-10-9-16-5-4-12(10)17-15(18)11-2-3-13-14(8-11)20-7-6-19-13;/h2-3,8,10,12,16H,4-7,9H2,1H3,(H,17,18);1H. The number of rotatable bonds is 2. The molecule has 1 aromatic rings. The van der Waals surface area contributed by atoms with Gasteiger partial charge in [0.2, 0.25) is 0 Å². The van der Waals surface area contributed by atoms with Gasteiger partial charge in [-0.15, -0.1) is 12.4 Å². The molecule has 5 nitrogen and oxygen atoms in total. The number of fused-ring (bicyclic) bond motifs is 1. The third-order valence-corrected chi connectivity index (χ3v) is 3.91. The van der Waals surface area contributed by atoms with E-state index in [1.165, 1.54) is 0 Å². The van der Waals surface area contributed by atoms with Crippen molar-refractivity contribution in [2.75, 3.05) is 26.3 Å². The molecule has 0 spiro atoms. The molecule has 1 amide bonds. The number of carbonyl (C=O) groups is 1. The molecule has 6 heteroatoms. The Kier molecular flexibility index (Phi) is 5.31. The summed E-state index contributed by atoms with van der Waals surface area (Å²) in [4.78, 5) is 12.3. The lowest BCUT2D eigenvalue weighted by molar-refractivity contribution is 0.0913. The highest BCUT2D eigenvalue weighted by molar-refractivity contribution is 5.95. The average molecular weight is 313 g/mol. The number of carbonyl (C=O) groups excluding carboxylic acids is 1. The summed E-state index contributed by atoms with van der Waals surface area (Å²) >= 11 is 0. The summed E-state index contributed by atoms with van der Waals surface area (Å²) in [7, 11) is 0. The predicted octanol–water partition coefficient (Wildman–Crippen LogP) is 1.61. The highest BCUT2D eigenvalue weighted by Crippen LogP contribution is 2.30. The van der Waals surface area contributed by atoms with E-state index in [0.717, 1.165) is 19.5 Å². The number of piperidine rings is 1. The third-order valence-electron chi connectivity index (χ3n) is 3.91. The highest BCUT2D eigenvalue weighted by atomic mass is 35.5. The van der Waals surface area contributed by atoms with Crippen LogP contribution < -0.4 is 20.1 Å². The van der Waals surface area contributed by atoms with Crippen molar-refractivity contribution >= 4 is 18.3 Å². The number of hydrogen-bond acceptors (Lipinski definition) is 4. The van der Waals surface area contributed by atoms with E-state index in [2.05, 4.69) is 17.6 Å². The van der Waals surface area contributed by atoms with Gasteiger partial charge < -0.3 is 20.1 Å². The second-order valence-electron chi connectivity index (χ2n) is 5.41. The number of ether oxygens (including phenoxy) is 2. The number of hydrogen-bond donors (Lipinski definition) is 2. The SMILES string of the molecule is CC1CNCCC1NC(=O)c1ccc2c(c1)OCCO2.Cl. The van der Waals surface area contributed by atoms with Crippen molar-refractivity contribution in [2.45, 2.75) is 19.4 Å². The normalized spacial score (nSPS) is 23.9. The molecule has 0 saturated carbocycles. The first-order valence-corrected chi connectivity index (χ1v) is 7.15. The Morgan fingerprint density at radius 1 is 1.29 bits per heavy atom. The van der Waals surface area contributed by atoms with E-state index in [1.807, 2.05) is 0 Å². The molecule has 1 saturated heterocycles. The van der Waals surface area contributed by atoms with Crippen molar-refractivity contribution in [3.05, 3.63) is 23.8 Å². The topological polar surface area (TPSA) is 59.6 Å². The second-order valence-corrected chi connectivity index (χ2v) is 5.41. The van der Waals surface area contributed by atoms with E-state index in [-0.39, 0.29) is 24.4 Å². The van der Waals surface area contributed by atoms with Crippen LogP contribution in [-0.4, -0.2) is 38.3 Å². The summed E-state index contributed by atoms with van der Waals surface area (Å²) in [6.07, 6.45) is 0.970. The number of benzene rings is 1. The van der Waals surface area contributed by atoms with E-state index >= 15 is 0 Å². The fourth-order valence-corrected chi connectivity index (χ4v) is 2.66. The molecule has 0 aromatic heterocycles. The molecule has 0 aliphatic carbocycles. The first-order chi connectivity index (χ1) is 9.74. The van der Waals surface area contributed by atoms with Gasteiger partial charge in [0.1, 0.15) is 13.2 Å². The van der Waals surface area contributed by atoms with Gasteiger partial charge in [-0.25, -0.2) is 0 Å². The van der Waals surface area contributed by atoms with Gasteiger partial charge in [-0.05, 0) is 43.6 Å². The lowest BCUT2D eigenvalue weighted by Crippen LogP contribution is -2.48. The van der Waals surface area contributed by atoms with Gasteiger partial charge in [0, 0.05) is 11.6 Å². The maximum atomic E-state index is 12.3. The van der Waals surface area contributed by atoms with Gasteiger partial charge in [0.15, 0.2) is 11.5 Å². The maximum Gasteiger partial charge on any atom is 0.251 e. The van der Waals surface area contributed by atoms with Gasteiger partial charge in [0.05, 0.1) is 0 Å². The summed E-state index contributed by atoms with van der Waals surface area (Å²) in [5, 5.41) is 6.45. The van der Waals surface area contributed by atoms with Gasteiger partial charge in [-0.3, -0.25) is 4.79 Å². The first kappa shape index (κ1) is 15.9. The average Bonchev–Trinajstić information content (AvgIpc) is 2.49. The van der Waals surface area contributed by atoms with E-state index in [9.17, 15) is 4.79 Å². The number of nitrogens with one attached hydrogen (secondary N) is 2. The van der Waals surface area contributed by atoms with E-state index in [4.69, 9.17) is 9.47 Å². The minimum Gasteiger partial charge on any atom is -0.486 e. The van der Waals surface area contributed by atoms with Crippen molar-refractivity contribution < 1.29 is 14.3 Å². The Labute approximate surface area is 130 Å². The molecular weight excluding hydrogens is 292 g/mol. The summed E-state index contributed by atoms with van der Waals surface area (Å²) in [5.41, 5.74) is 0.625. The molecule has 1 aromatic carbocycles. The van der Waals surface area contributed by atoms with Crippen molar-refractivity contribution in [3.8, 4) is 11.5 Å². The summed E-state index contributed by atoms with van der Waals surface area (Å²) < 4.78 is 11.0. The van der Waals surface area contributed by atoms with Crippen molar-refractivity contribution in [2.24, 2.45) is 5.92 Å². The maximum absolute atomic E-state index is 12.3. The summed E-state index contributed by atoms with van der Waals surface area (Å²) in [5.74, 6) is 1.77. The Morgan fingerprint density at radius 3 is 2.81 bits per heavy atom. The quantitative estimate of drug-likeness (QED) is 0.871. The zero-order valence-corrected chi connectivity index (χ0v) is 12.9. The molecule has 2 aliphatic heterocycles. The highest BCUT2D eigenvalue weighted by Gasteiger charge is 2.23. The van der Waals surface area contributed by atoms with Gasteiger partial charge in [-0.1, -0.05) is 6.92 Å². The molecule has 116 valence electrons. The first-order valence-electron chi connectivity index (χ1n) is 7.15. The van der Waals surface area contributed by atoms with E-state index in [0.29, 0.717) is 36.2 Å². The van der Waals surface area contributed by atoms with Crippen LogP contribution in [0.2, 0.25) is 0 Å². The van der Waals surface area contributed by atoms with E-state index in [1.54, 1.807) is 18.2 Å².